The Bertz CT molecular complexity index is 982. The van der Waals surface area contributed by atoms with Gasteiger partial charge in [0, 0.05) is 19.3 Å². The molecular weight excluding hydrogens is 370 g/mol. The van der Waals surface area contributed by atoms with Crippen LogP contribution in [0.4, 0.5) is 8.78 Å². The molecule has 2 aromatic heterocycles. The van der Waals surface area contributed by atoms with Crippen molar-refractivity contribution in [1.29, 1.82) is 0 Å². The second kappa shape index (κ2) is 7.91. The molecule has 1 N–H and O–H groups in total. The topological polar surface area (TPSA) is 68.1 Å². The summed E-state index contributed by atoms with van der Waals surface area (Å²) in [5, 5.41) is 1.78. The summed E-state index contributed by atoms with van der Waals surface area (Å²) < 4.78 is 40.0. The van der Waals surface area contributed by atoms with Crippen LogP contribution in [0.5, 0.6) is 5.75 Å². The number of carbonyl (C=O) groups is 1. The maximum absolute atomic E-state index is 13.8. The first-order chi connectivity index (χ1) is 13.6. The Kier molecular flexibility index (Phi) is 5.18. The van der Waals surface area contributed by atoms with Gasteiger partial charge in [-0.05, 0) is 24.3 Å². The first-order valence-electron chi connectivity index (χ1n) is 8.79. The third-order valence-electron chi connectivity index (χ3n) is 4.44. The fourth-order valence-corrected chi connectivity index (χ4v) is 2.96. The van der Waals surface area contributed by atoms with E-state index in [-0.39, 0.29) is 18.1 Å². The molecule has 0 saturated carbocycles. The van der Waals surface area contributed by atoms with E-state index in [2.05, 4.69) is 10.4 Å². The molecule has 7 nitrogen and oxygen atoms in total. The summed E-state index contributed by atoms with van der Waals surface area (Å²) in [5.74, 6) is -1.36. The molecule has 1 amide bonds. The molecular formula is C19H18F2N4O3. The fraction of sp³-hybridized carbons (Fsp3) is 0.263. The number of amides is 1. The molecule has 0 unspecified atom stereocenters. The van der Waals surface area contributed by atoms with E-state index >= 15 is 0 Å². The van der Waals surface area contributed by atoms with Gasteiger partial charge in [-0.25, -0.2) is 18.8 Å². The predicted molar refractivity (Wildman–Crippen MR) is 95.7 cm³/mol. The van der Waals surface area contributed by atoms with Crippen molar-refractivity contribution in [3.8, 4) is 5.75 Å². The van der Waals surface area contributed by atoms with E-state index in [1.807, 2.05) is 0 Å². The summed E-state index contributed by atoms with van der Waals surface area (Å²) in [6.07, 6.45) is 3.11. The number of imidazole rings is 1. The Hall–Kier alpha value is -3.04. The largest absolute Gasteiger partial charge is 0.485 e. The van der Waals surface area contributed by atoms with Gasteiger partial charge in [0.15, 0.2) is 11.4 Å². The summed E-state index contributed by atoms with van der Waals surface area (Å²) in [6.45, 7) is 2.02. The quantitative estimate of drug-likeness (QED) is 0.726. The lowest BCUT2D eigenvalue weighted by molar-refractivity contribution is 0.0124. The molecule has 146 valence electrons. The molecule has 0 aliphatic carbocycles. The molecule has 9 heteroatoms. The van der Waals surface area contributed by atoms with Gasteiger partial charge in [0.1, 0.15) is 23.9 Å². The minimum Gasteiger partial charge on any atom is -0.485 e. The van der Waals surface area contributed by atoms with E-state index in [1.165, 1.54) is 24.4 Å². The number of nitrogens with one attached hydrogen (secondary N) is 1. The van der Waals surface area contributed by atoms with Crippen molar-refractivity contribution in [1.82, 2.24) is 19.8 Å². The standard InChI is InChI=1S/C19H18F2N4O3/c20-14-3-1-4-15(21)13(14)12-28-17-5-2-6-25-16(11-22-18(17)25)19(26)23-24-7-9-27-10-8-24/h1-6,11H,7-10,12H2,(H,23,26). The van der Waals surface area contributed by atoms with Crippen LogP contribution in [0.1, 0.15) is 16.1 Å². The highest BCUT2D eigenvalue weighted by molar-refractivity contribution is 5.93. The third kappa shape index (κ3) is 3.67. The number of fused-ring (bicyclic) bond motifs is 1. The average Bonchev–Trinajstić information content (AvgIpc) is 3.13. The molecule has 3 aromatic rings. The van der Waals surface area contributed by atoms with E-state index in [4.69, 9.17) is 9.47 Å². The van der Waals surface area contributed by atoms with E-state index in [0.717, 1.165) is 0 Å². The monoisotopic (exact) mass is 388 g/mol. The molecule has 3 heterocycles. The van der Waals surface area contributed by atoms with Crippen LogP contribution in [0.25, 0.3) is 5.65 Å². The Morgan fingerprint density at radius 3 is 2.68 bits per heavy atom. The normalized spacial score (nSPS) is 14.9. The Labute approximate surface area is 159 Å². The van der Waals surface area contributed by atoms with Crippen LogP contribution < -0.4 is 10.2 Å². The lowest BCUT2D eigenvalue weighted by Crippen LogP contribution is -2.48. The van der Waals surface area contributed by atoms with E-state index in [9.17, 15) is 13.6 Å². The molecule has 1 aromatic carbocycles. The van der Waals surface area contributed by atoms with Crippen molar-refractivity contribution in [3.05, 3.63) is 65.6 Å². The number of rotatable bonds is 5. The molecule has 1 saturated heterocycles. The smallest absolute Gasteiger partial charge is 0.284 e. The number of hydrazine groups is 1. The number of hydrogen-bond donors (Lipinski definition) is 1. The molecule has 0 spiro atoms. The van der Waals surface area contributed by atoms with E-state index in [1.54, 1.807) is 27.7 Å². The minimum absolute atomic E-state index is 0.165. The van der Waals surface area contributed by atoms with Gasteiger partial charge < -0.3 is 9.47 Å². The van der Waals surface area contributed by atoms with Crippen molar-refractivity contribution >= 4 is 11.6 Å². The van der Waals surface area contributed by atoms with Gasteiger partial charge in [-0.3, -0.25) is 14.6 Å². The van der Waals surface area contributed by atoms with Gasteiger partial charge in [-0.15, -0.1) is 0 Å². The van der Waals surface area contributed by atoms with Gasteiger partial charge in [-0.2, -0.15) is 0 Å². The molecule has 28 heavy (non-hydrogen) atoms. The predicted octanol–water partition coefficient (Wildman–Crippen LogP) is 2.17. The Morgan fingerprint density at radius 2 is 1.93 bits per heavy atom. The maximum atomic E-state index is 13.8. The van der Waals surface area contributed by atoms with Crippen molar-refractivity contribution in [3.63, 3.8) is 0 Å². The van der Waals surface area contributed by atoms with Crippen LogP contribution in [0, 0.1) is 11.6 Å². The average molecular weight is 388 g/mol. The second-order valence-corrected chi connectivity index (χ2v) is 6.24. The molecule has 1 fully saturated rings. The fourth-order valence-electron chi connectivity index (χ4n) is 2.96. The highest BCUT2D eigenvalue weighted by Crippen LogP contribution is 2.22. The molecule has 0 atom stereocenters. The van der Waals surface area contributed by atoms with Crippen LogP contribution in [-0.4, -0.2) is 46.6 Å². The third-order valence-corrected chi connectivity index (χ3v) is 4.44. The first-order valence-corrected chi connectivity index (χ1v) is 8.79. The van der Waals surface area contributed by atoms with Gasteiger partial charge in [0.05, 0.1) is 25.0 Å². The zero-order chi connectivity index (χ0) is 19.5. The number of benzene rings is 1. The molecule has 1 aliphatic rings. The number of hydrogen-bond acceptors (Lipinski definition) is 5. The van der Waals surface area contributed by atoms with Crippen molar-refractivity contribution in [2.75, 3.05) is 26.3 Å². The van der Waals surface area contributed by atoms with Gasteiger partial charge in [-0.1, -0.05) is 6.07 Å². The summed E-state index contributed by atoms with van der Waals surface area (Å²) in [4.78, 5) is 16.8. The summed E-state index contributed by atoms with van der Waals surface area (Å²) >= 11 is 0. The van der Waals surface area contributed by atoms with E-state index in [0.29, 0.717) is 43.4 Å². The number of nitrogens with zero attached hydrogens (tertiary/aromatic N) is 3. The lowest BCUT2D eigenvalue weighted by atomic mass is 10.2. The van der Waals surface area contributed by atoms with Crippen LogP contribution >= 0.6 is 0 Å². The minimum atomic E-state index is -0.680. The van der Waals surface area contributed by atoms with Crippen molar-refractivity contribution < 1.29 is 23.0 Å². The van der Waals surface area contributed by atoms with Crippen molar-refractivity contribution in [2.45, 2.75) is 6.61 Å². The zero-order valence-electron chi connectivity index (χ0n) is 14.9. The Morgan fingerprint density at radius 1 is 1.18 bits per heavy atom. The zero-order valence-corrected chi connectivity index (χ0v) is 14.9. The summed E-state index contributed by atoms with van der Waals surface area (Å²) in [7, 11) is 0. The molecule has 0 radical (unpaired) electrons. The van der Waals surface area contributed by atoms with Gasteiger partial charge >= 0.3 is 0 Å². The van der Waals surface area contributed by atoms with Gasteiger partial charge in [0.25, 0.3) is 5.91 Å². The van der Waals surface area contributed by atoms with Crippen LogP contribution in [0.15, 0.2) is 42.7 Å². The maximum Gasteiger partial charge on any atom is 0.284 e. The Balaban J connectivity index is 1.54. The van der Waals surface area contributed by atoms with Crippen LogP contribution in [0.2, 0.25) is 0 Å². The number of halogens is 2. The molecule has 4 rings (SSSR count). The number of ether oxygens (including phenoxy) is 2. The SMILES string of the molecule is O=C(NN1CCOCC1)c1cnc2c(OCc3c(F)cccc3F)cccn12. The number of morpholine rings is 1. The van der Waals surface area contributed by atoms with Crippen molar-refractivity contribution in [2.24, 2.45) is 0 Å². The molecule has 0 bridgehead atoms. The van der Waals surface area contributed by atoms with E-state index < -0.39 is 11.6 Å². The van der Waals surface area contributed by atoms with Gasteiger partial charge in [0.2, 0.25) is 0 Å². The number of aromatic nitrogens is 2. The summed E-state index contributed by atoms with van der Waals surface area (Å²) in [6, 6.07) is 6.94. The molecule has 1 aliphatic heterocycles. The first kappa shape index (κ1) is 18.3. The number of pyridine rings is 1. The number of carbonyl (C=O) groups excluding carboxylic acids is 1. The highest BCUT2D eigenvalue weighted by Gasteiger charge is 2.19. The second-order valence-electron chi connectivity index (χ2n) is 6.24. The summed E-state index contributed by atoms with van der Waals surface area (Å²) in [5.41, 5.74) is 3.36. The van der Waals surface area contributed by atoms with Crippen LogP contribution in [-0.2, 0) is 11.3 Å². The van der Waals surface area contributed by atoms with Crippen LogP contribution in [0.3, 0.4) is 0 Å². The lowest BCUT2D eigenvalue weighted by Gasteiger charge is -2.26. The highest BCUT2D eigenvalue weighted by atomic mass is 19.1.